The van der Waals surface area contributed by atoms with Crippen molar-refractivity contribution in [3.8, 4) is 0 Å². The molecule has 0 saturated heterocycles. The summed E-state index contributed by atoms with van der Waals surface area (Å²) >= 11 is 15.4. The highest BCUT2D eigenvalue weighted by Crippen LogP contribution is 2.35. The molecule has 0 bridgehead atoms. The number of hydrogen-bond donors (Lipinski definition) is 1. The van der Waals surface area contributed by atoms with E-state index in [-0.39, 0.29) is 0 Å². The Hall–Kier alpha value is -0.180. The molecule has 0 spiro atoms. The van der Waals surface area contributed by atoms with Gasteiger partial charge in [-0.2, -0.15) is 0 Å². The number of benzene rings is 1. The van der Waals surface area contributed by atoms with Gasteiger partial charge < -0.3 is 5.32 Å². The van der Waals surface area contributed by atoms with Gasteiger partial charge in [0.15, 0.2) is 0 Å². The summed E-state index contributed by atoms with van der Waals surface area (Å²) in [7, 11) is 0. The first-order valence-corrected chi connectivity index (χ1v) is 6.08. The summed E-state index contributed by atoms with van der Waals surface area (Å²) in [5.74, 6) is 0. The van der Waals surface area contributed by atoms with Crippen LogP contribution in [0.15, 0.2) is 28.3 Å². The highest BCUT2D eigenvalue weighted by atomic mass is 79.9. The van der Waals surface area contributed by atoms with Crippen molar-refractivity contribution in [1.82, 2.24) is 0 Å². The smallest absolute Gasteiger partial charge is 0.0835 e. The van der Waals surface area contributed by atoms with Crippen LogP contribution in [-0.4, -0.2) is 6.54 Å². The lowest BCUT2D eigenvalue weighted by Gasteiger charge is -2.08. The van der Waals surface area contributed by atoms with Crippen molar-refractivity contribution < 1.29 is 0 Å². The third-order valence-electron chi connectivity index (χ3n) is 1.84. The molecule has 0 amide bonds. The van der Waals surface area contributed by atoms with Crippen LogP contribution in [0.5, 0.6) is 0 Å². The summed E-state index contributed by atoms with van der Waals surface area (Å²) in [6, 6.07) is 3.77. The number of anilines is 1. The summed E-state index contributed by atoms with van der Waals surface area (Å²) in [5.41, 5.74) is 2.11. The number of halogens is 3. The molecule has 82 valence electrons. The molecular formula is C11H12BrCl2N. The van der Waals surface area contributed by atoms with Gasteiger partial charge >= 0.3 is 0 Å². The van der Waals surface area contributed by atoms with Crippen molar-refractivity contribution in [2.45, 2.75) is 13.8 Å². The van der Waals surface area contributed by atoms with E-state index < -0.39 is 0 Å². The summed E-state index contributed by atoms with van der Waals surface area (Å²) < 4.78 is 0.807. The minimum atomic E-state index is 0.541. The molecule has 4 heteroatoms. The third-order valence-corrected chi connectivity index (χ3v) is 3.61. The predicted molar refractivity (Wildman–Crippen MR) is 72.1 cm³/mol. The second-order valence-corrected chi connectivity index (χ2v) is 5.00. The molecule has 0 heterocycles. The van der Waals surface area contributed by atoms with Crippen LogP contribution in [0, 0.1) is 0 Å². The van der Waals surface area contributed by atoms with Crippen LogP contribution in [0.2, 0.25) is 10.0 Å². The highest BCUT2D eigenvalue weighted by Gasteiger charge is 2.06. The lowest BCUT2D eigenvalue weighted by Crippen LogP contribution is -1.99. The van der Waals surface area contributed by atoms with Crippen molar-refractivity contribution in [2.24, 2.45) is 0 Å². The Bertz CT molecular complexity index is 384. The van der Waals surface area contributed by atoms with Gasteiger partial charge in [0, 0.05) is 11.0 Å². The second-order valence-electron chi connectivity index (χ2n) is 3.39. The highest BCUT2D eigenvalue weighted by molar-refractivity contribution is 9.10. The monoisotopic (exact) mass is 307 g/mol. The second kappa shape index (κ2) is 5.78. The molecule has 0 unspecified atom stereocenters. The van der Waals surface area contributed by atoms with E-state index >= 15 is 0 Å². The zero-order valence-electron chi connectivity index (χ0n) is 8.57. The molecular weight excluding hydrogens is 297 g/mol. The van der Waals surface area contributed by atoms with Crippen LogP contribution >= 0.6 is 39.1 Å². The van der Waals surface area contributed by atoms with E-state index in [1.807, 2.05) is 12.1 Å². The lowest BCUT2D eigenvalue weighted by molar-refractivity contribution is 1.26. The molecule has 0 aliphatic carbocycles. The maximum Gasteiger partial charge on any atom is 0.0835 e. The zero-order chi connectivity index (χ0) is 11.4. The normalized spacial score (nSPS) is 9.93. The van der Waals surface area contributed by atoms with Gasteiger partial charge in [-0.05, 0) is 41.9 Å². The van der Waals surface area contributed by atoms with Gasteiger partial charge in [-0.25, -0.2) is 0 Å². The van der Waals surface area contributed by atoms with Gasteiger partial charge in [-0.1, -0.05) is 34.9 Å². The van der Waals surface area contributed by atoms with E-state index in [0.717, 1.165) is 16.7 Å². The molecule has 0 fully saturated rings. The number of hydrogen-bond acceptors (Lipinski definition) is 1. The average molecular weight is 309 g/mol. The molecule has 0 radical (unpaired) electrons. The summed E-state index contributed by atoms with van der Waals surface area (Å²) in [6.07, 6.45) is 2.09. The minimum Gasteiger partial charge on any atom is -0.380 e. The van der Waals surface area contributed by atoms with Crippen LogP contribution in [-0.2, 0) is 0 Å². The van der Waals surface area contributed by atoms with Crippen molar-refractivity contribution in [3.63, 3.8) is 0 Å². The summed E-state index contributed by atoms with van der Waals surface area (Å²) in [5, 5.41) is 4.29. The molecule has 0 aliphatic rings. The molecule has 0 aromatic heterocycles. The van der Waals surface area contributed by atoms with Crippen LogP contribution in [0.3, 0.4) is 0 Å². The molecule has 0 saturated carbocycles. The molecule has 15 heavy (non-hydrogen) atoms. The Kier molecular flexibility index (Phi) is 4.97. The SMILES string of the molecule is CC(C)=CCNc1ccc(Br)c(Cl)c1Cl. The Morgan fingerprint density at radius 1 is 1.33 bits per heavy atom. The number of allylic oxidation sites excluding steroid dienone is 1. The Labute approximate surface area is 109 Å². The van der Waals surface area contributed by atoms with E-state index in [4.69, 9.17) is 23.2 Å². The maximum absolute atomic E-state index is 6.07. The van der Waals surface area contributed by atoms with E-state index in [9.17, 15) is 0 Å². The van der Waals surface area contributed by atoms with Gasteiger partial charge in [0.2, 0.25) is 0 Å². The van der Waals surface area contributed by atoms with Crippen molar-refractivity contribution in [2.75, 3.05) is 11.9 Å². The van der Waals surface area contributed by atoms with Crippen molar-refractivity contribution >= 4 is 44.8 Å². The maximum atomic E-state index is 6.07. The molecule has 1 nitrogen and oxygen atoms in total. The fraction of sp³-hybridized carbons (Fsp3) is 0.273. The fourth-order valence-corrected chi connectivity index (χ4v) is 1.87. The topological polar surface area (TPSA) is 12.0 Å². The minimum absolute atomic E-state index is 0.541. The molecule has 1 rings (SSSR count). The van der Waals surface area contributed by atoms with Crippen molar-refractivity contribution in [3.05, 3.63) is 38.3 Å². The average Bonchev–Trinajstić information content (AvgIpc) is 2.18. The van der Waals surface area contributed by atoms with E-state index in [1.165, 1.54) is 5.57 Å². The zero-order valence-corrected chi connectivity index (χ0v) is 11.7. The molecule has 1 aromatic carbocycles. The van der Waals surface area contributed by atoms with E-state index in [1.54, 1.807) is 0 Å². The van der Waals surface area contributed by atoms with Gasteiger partial charge in [-0.15, -0.1) is 0 Å². The molecule has 0 aliphatic heterocycles. The number of rotatable bonds is 3. The van der Waals surface area contributed by atoms with Crippen LogP contribution in [0.1, 0.15) is 13.8 Å². The Balaban J connectivity index is 2.79. The number of nitrogens with one attached hydrogen (secondary N) is 1. The van der Waals surface area contributed by atoms with Gasteiger partial charge in [-0.3, -0.25) is 0 Å². The Morgan fingerprint density at radius 3 is 2.60 bits per heavy atom. The summed E-state index contributed by atoms with van der Waals surface area (Å²) in [4.78, 5) is 0. The van der Waals surface area contributed by atoms with Crippen molar-refractivity contribution in [1.29, 1.82) is 0 Å². The van der Waals surface area contributed by atoms with E-state index in [2.05, 4.69) is 41.2 Å². The van der Waals surface area contributed by atoms with Gasteiger partial charge in [0.1, 0.15) is 0 Å². The van der Waals surface area contributed by atoms with Crippen LogP contribution < -0.4 is 5.32 Å². The first kappa shape index (κ1) is 12.9. The van der Waals surface area contributed by atoms with Gasteiger partial charge in [0.05, 0.1) is 15.7 Å². The largest absolute Gasteiger partial charge is 0.380 e. The fourth-order valence-electron chi connectivity index (χ4n) is 1.03. The Morgan fingerprint density at radius 2 is 2.00 bits per heavy atom. The standard InChI is InChI=1S/C11H12BrCl2N/c1-7(2)5-6-15-9-4-3-8(12)10(13)11(9)14/h3-5,15H,6H2,1-2H3. The first-order valence-electron chi connectivity index (χ1n) is 4.53. The van der Waals surface area contributed by atoms with Gasteiger partial charge in [0.25, 0.3) is 0 Å². The molecule has 0 atom stereocenters. The first-order chi connectivity index (χ1) is 7.02. The quantitative estimate of drug-likeness (QED) is 0.602. The summed E-state index contributed by atoms with van der Waals surface area (Å²) in [6.45, 7) is 4.86. The van der Waals surface area contributed by atoms with Crippen LogP contribution in [0.25, 0.3) is 0 Å². The predicted octanol–water partition coefficient (Wildman–Crippen LogP) is 5.13. The molecule has 1 N–H and O–H groups in total. The lowest BCUT2D eigenvalue weighted by atomic mass is 10.3. The van der Waals surface area contributed by atoms with Crippen LogP contribution in [0.4, 0.5) is 5.69 Å². The third kappa shape index (κ3) is 3.71. The van der Waals surface area contributed by atoms with E-state index in [0.29, 0.717) is 10.0 Å². The molecule has 1 aromatic rings.